The first-order valence-electron chi connectivity index (χ1n) is 27.0. The number of hydrogen-bond acceptors (Lipinski definition) is 10. The molecule has 10 nitrogen and oxygen atoms in total. The van der Waals surface area contributed by atoms with Crippen LogP contribution in [0.15, 0.2) is 218 Å². The average molecular weight is 1060 g/mol. The smallest absolute Gasteiger partial charge is 0.493 e. The Balaban J connectivity index is 0.833. The summed E-state index contributed by atoms with van der Waals surface area (Å²) in [5, 5.41) is 4.16. The summed E-state index contributed by atoms with van der Waals surface area (Å²) < 4.78 is 47.4. The van der Waals surface area contributed by atoms with E-state index in [0.29, 0.717) is 30.5 Å². The lowest BCUT2D eigenvalue weighted by atomic mass is 9.67. The van der Waals surface area contributed by atoms with Crippen LogP contribution in [0.3, 0.4) is 0 Å². The number of benzene rings is 10. The van der Waals surface area contributed by atoms with Crippen LogP contribution in [-0.4, -0.2) is 72.1 Å². The Bertz CT molecular complexity index is 3750. The van der Waals surface area contributed by atoms with Crippen LogP contribution < -0.4 is 18.9 Å². The summed E-state index contributed by atoms with van der Waals surface area (Å²) in [5.41, 5.74) is 11.4. The lowest BCUT2D eigenvalue weighted by Crippen LogP contribution is -2.29. The van der Waals surface area contributed by atoms with E-state index in [1.807, 2.05) is 91.0 Å². The van der Waals surface area contributed by atoms with Gasteiger partial charge in [0, 0.05) is 49.3 Å². The second-order valence-electron chi connectivity index (χ2n) is 19.3. The molecule has 1 aliphatic carbocycles. The van der Waals surface area contributed by atoms with Crippen LogP contribution in [0.4, 0.5) is 4.79 Å². The maximum atomic E-state index is 13.1. The van der Waals surface area contributed by atoms with Crippen LogP contribution in [0.1, 0.15) is 35.6 Å². The number of rotatable bonds is 22. The molecule has 0 saturated carbocycles. The Labute approximate surface area is 466 Å². The van der Waals surface area contributed by atoms with Gasteiger partial charge in [-0.05, 0) is 102 Å². The van der Waals surface area contributed by atoms with E-state index < -0.39 is 11.6 Å². The van der Waals surface area contributed by atoms with Gasteiger partial charge in [0.1, 0.15) is 62.6 Å². The van der Waals surface area contributed by atoms with Crippen LogP contribution in [-0.2, 0) is 29.2 Å². The molecular formula is C70H60O10. The van der Waals surface area contributed by atoms with Gasteiger partial charge in [0.15, 0.2) is 0 Å². The van der Waals surface area contributed by atoms with E-state index in [0.717, 1.165) is 100 Å². The van der Waals surface area contributed by atoms with Crippen molar-refractivity contribution < 1.29 is 47.5 Å². The van der Waals surface area contributed by atoms with E-state index in [2.05, 4.69) is 127 Å². The molecule has 0 atom stereocenters. The molecular weight excluding hydrogens is 1000 g/mol. The van der Waals surface area contributed by atoms with E-state index in [9.17, 15) is 9.59 Å². The first kappa shape index (κ1) is 52.7. The summed E-state index contributed by atoms with van der Waals surface area (Å²) in [6.45, 7) is 2.86. The van der Waals surface area contributed by atoms with Crippen molar-refractivity contribution in [3.05, 3.63) is 241 Å². The lowest BCUT2D eigenvalue weighted by Gasteiger charge is -2.35. The first-order valence-corrected chi connectivity index (χ1v) is 27.0. The predicted molar refractivity (Wildman–Crippen MR) is 314 cm³/mol. The van der Waals surface area contributed by atoms with E-state index in [-0.39, 0.29) is 45.6 Å². The number of esters is 1. The van der Waals surface area contributed by atoms with Crippen LogP contribution >= 0.6 is 0 Å². The Morgan fingerprint density at radius 3 is 1.27 bits per heavy atom. The summed E-state index contributed by atoms with van der Waals surface area (Å²) in [5.74, 6) is 2.32. The summed E-state index contributed by atoms with van der Waals surface area (Å²) in [7, 11) is 1.69. The third kappa shape index (κ3) is 10.9. The standard InChI is InChI=1S/C70H60O10/c1-48(71)74-40-41-76-63-36-32-53(46-59(63)49-18-5-3-6-19-49)70(61-28-15-13-26-57(61)58-27-14-16-29-62(58)70)54-33-37-64(60(47-54)50-20-7-4-8-21-50)77-42-44-79-69(72)80-45-43-78-66-35-31-52-23-10-12-25-56(52)68(66)67-55-24-11-9-22-51(55)30-34-65(67)75-39-17-38-73-2/h3-16,18-37,46-47H,17,38-45H2,1-2H3. The van der Waals surface area contributed by atoms with Gasteiger partial charge in [-0.25, -0.2) is 4.79 Å². The maximum Gasteiger partial charge on any atom is 0.508 e. The van der Waals surface area contributed by atoms with Gasteiger partial charge in [0.2, 0.25) is 0 Å². The van der Waals surface area contributed by atoms with E-state index in [1.54, 1.807) is 7.11 Å². The molecule has 0 bridgehead atoms. The molecule has 0 aromatic heterocycles. The number of carbonyl (C=O) groups is 2. The third-order valence-electron chi connectivity index (χ3n) is 14.5. The highest BCUT2D eigenvalue weighted by atomic mass is 16.7. The first-order chi connectivity index (χ1) is 39.4. The Morgan fingerprint density at radius 1 is 0.375 bits per heavy atom. The molecule has 11 rings (SSSR count). The highest BCUT2D eigenvalue weighted by Gasteiger charge is 2.46. The second-order valence-corrected chi connectivity index (χ2v) is 19.3. The molecule has 1 aliphatic rings. The Hall–Kier alpha value is -9.38. The minimum Gasteiger partial charge on any atom is -0.493 e. The predicted octanol–water partition coefficient (Wildman–Crippen LogP) is 15.3. The minimum atomic E-state index is -0.827. The second kappa shape index (κ2) is 24.5. The number of ether oxygens (including phenoxy) is 8. The number of fused-ring (bicyclic) bond motifs is 5. The molecule has 0 radical (unpaired) electrons. The summed E-state index contributed by atoms with van der Waals surface area (Å²) >= 11 is 0. The molecule has 0 N–H and O–H groups in total. The quantitative estimate of drug-likeness (QED) is 0.0481. The monoisotopic (exact) mass is 1060 g/mol. The van der Waals surface area contributed by atoms with Crippen molar-refractivity contribution >= 4 is 33.7 Å². The average Bonchev–Trinajstić information content (AvgIpc) is 4.05. The van der Waals surface area contributed by atoms with Crippen molar-refractivity contribution in [2.75, 3.05) is 60.0 Å². The maximum absolute atomic E-state index is 13.1. The fourth-order valence-electron chi connectivity index (χ4n) is 11.1. The van der Waals surface area contributed by atoms with E-state index >= 15 is 0 Å². The largest absolute Gasteiger partial charge is 0.508 e. The molecule has 0 aliphatic heterocycles. The summed E-state index contributed by atoms with van der Waals surface area (Å²) in [4.78, 5) is 24.7. The van der Waals surface area contributed by atoms with Crippen molar-refractivity contribution in [2.45, 2.75) is 18.8 Å². The normalized spacial score (nSPS) is 12.1. The van der Waals surface area contributed by atoms with Gasteiger partial charge in [0.25, 0.3) is 0 Å². The fourth-order valence-corrected chi connectivity index (χ4v) is 11.1. The zero-order valence-corrected chi connectivity index (χ0v) is 44.7. The number of methoxy groups -OCH3 is 1. The molecule has 0 heterocycles. The molecule has 0 amide bonds. The van der Waals surface area contributed by atoms with Gasteiger partial charge in [0.05, 0.1) is 12.0 Å². The SMILES string of the molecule is COCCCOc1ccc2ccccc2c1-c1c(OCCOC(=O)OCCOc2ccc(C3(c4ccc(OCCOC(C)=O)c(-c5ccccc5)c4)c4ccccc4-c4ccccc43)cc2-c2ccccc2)ccc2ccccc12. The highest BCUT2D eigenvalue weighted by molar-refractivity contribution is 6.09. The molecule has 400 valence electrons. The van der Waals surface area contributed by atoms with Crippen molar-refractivity contribution in [1.82, 2.24) is 0 Å². The van der Waals surface area contributed by atoms with Crippen molar-refractivity contribution in [3.8, 4) is 67.5 Å². The third-order valence-corrected chi connectivity index (χ3v) is 14.5. The molecule has 10 aromatic carbocycles. The molecule has 0 unspecified atom stereocenters. The van der Waals surface area contributed by atoms with Crippen LogP contribution in [0.2, 0.25) is 0 Å². The summed E-state index contributed by atoms with van der Waals surface area (Å²) in [6.07, 6.45) is -0.0872. The molecule has 0 spiro atoms. The molecule has 0 fully saturated rings. The van der Waals surface area contributed by atoms with Crippen molar-refractivity contribution in [2.24, 2.45) is 0 Å². The van der Waals surface area contributed by atoms with Crippen LogP contribution in [0, 0.1) is 0 Å². The van der Waals surface area contributed by atoms with Crippen molar-refractivity contribution in [1.29, 1.82) is 0 Å². The van der Waals surface area contributed by atoms with E-state index in [1.165, 1.54) is 6.92 Å². The van der Waals surface area contributed by atoms with Gasteiger partial charge in [-0.3, -0.25) is 4.79 Å². The zero-order chi connectivity index (χ0) is 54.7. The fraction of sp³-hybridized carbons (Fsp3) is 0.171. The van der Waals surface area contributed by atoms with Gasteiger partial charge in [-0.15, -0.1) is 0 Å². The minimum absolute atomic E-state index is 0.0475. The molecule has 10 aromatic rings. The number of carbonyl (C=O) groups excluding carboxylic acids is 2. The van der Waals surface area contributed by atoms with Gasteiger partial charge in [-0.1, -0.05) is 182 Å². The van der Waals surface area contributed by atoms with Gasteiger partial charge in [-0.2, -0.15) is 0 Å². The Kier molecular flexibility index (Phi) is 16.1. The van der Waals surface area contributed by atoms with Gasteiger partial charge >= 0.3 is 12.1 Å². The Morgan fingerprint density at radius 2 is 0.787 bits per heavy atom. The zero-order valence-electron chi connectivity index (χ0n) is 44.7. The summed E-state index contributed by atoms with van der Waals surface area (Å²) in [6, 6.07) is 74.9. The highest BCUT2D eigenvalue weighted by Crippen LogP contribution is 2.57. The molecule has 80 heavy (non-hydrogen) atoms. The molecule has 10 heteroatoms. The number of hydrogen-bond donors (Lipinski definition) is 0. The van der Waals surface area contributed by atoms with Crippen LogP contribution in [0.25, 0.3) is 66.1 Å². The van der Waals surface area contributed by atoms with Gasteiger partial charge < -0.3 is 37.9 Å². The van der Waals surface area contributed by atoms with Crippen LogP contribution in [0.5, 0.6) is 23.0 Å². The molecule has 0 saturated heterocycles. The lowest BCUT2D eigenvalue weighted by molar-refractivity contribution is -0.141. The van der Waals surface area contributed by atoms with Crippen molar-refractivity contribution in [3.63, 3.8) is 0 Å². The van der Waals surface area contributed by atoms with E-state index in [4.69, 9.17) is 37.9 Å². The topological polar surface area (TPSA) is 108 Å².